The Morgan fingerprint density at radius 2 is 2.19 bits per heavy atom. The minimum atomic E-state index is -0.202. The zero-order valence-corrected chi connectivity index (χ0v) is 15.0. The minimum absolute atomic E-state index is 0.0509. The fourth-order valence-electron chi connectivity index (χ4n) is 3.64. The van der Waals surface area contributed by atoms with Crippen molar-refractivity contribution < 1.29 is 9.53 Å². The lowest BCUT2D eigenvalue weighted by atomic mass is 9.91. The fraction of sp³-hybridized carbons (Fsp3) is 0.500. The molecule has 1 unspecified atom stereocenters. The summed E-state index contributed by atoms with van der Waals surface area (Å²) in [6.07, 6.45) is 6.50. The predicted molar refractivity (Wildman–Crippen MR) is 95.1 cm³/mol. The van der Waals surface area contributed by atoms with Crippen LogP contribution in [0.3, 0.4) is 0 Å². The molecule has 1 spiro atoms. The molecule has 8 nitrogen and oxygen atoms in total. The Kier molecular flexibility index (Phi) is 4.18. The quantitative estimate of drug-likeness (QED) is 0.886. The molecule has 1 aliphatic carbocycles. The van der Waals surface area contributed by atoms with Gasteiger partial charge in [-0.25, -0.2) is 15.0 Å². The number of carbonyl (C=O) groups is 1. The van der Waals surface area contributed by atoms with E-state index in [-0.39, 0.29) is 18.0 Å². The third-order valence-corrected chi connectivity index (χ3v) is 5.10. The first-order valence-corrected chi connectivity index (χ1v) is 8.78. The van der Waals surface area contributed by atoms with Crippen LogP contribution in [0.5, 0.6) is 6.01 Å². The highest BCUT2D eigenvalue weighted by molar-refractivity contribution is 5.92. The Hall–Kier alpha value is -2.77. The molecule has 1 saturated carbocycles. The van der Waals surface area contributed by atoms with E-state index in [0.717, 1.165) is 31.0 Å². The van der Waals surface area contributed by atoms with Crippen molar-refractivity contribution in [1.82, 2.24) is 25.3 Å². The monoisotopic (exact) mass is 354 g/mol. The summed E-state index contributed by atoms with van der Waals surface area (Å²) in [6, 6.07) is 3.84. The van der Waals surface area contributed by atoms with Crippen molar-refractivity contribution in [2.75, 3.05) is 25.1 Å². The van der Waals surface area contributed by atoms with Crippen LogP contribution in [0.4, 0.5) is 5.82 Å². The number of methoxy groups -OCH3 is 1. The van der Waals surface area contributed by atoms with Crippen LogP contribution in [0.15, 0.2) is 24.7 Å². The molecule has 2 fully saturated rings. The minimum Gasteiger partial charge on any atom is -0.467 e. The van der Waals surface area contributed by atoms with Gasteiger partial charge in [0.05, 0.1) is 7.11 Å². The largest absolute Gasteiger partial charge is 0.467 e. The van der Waals surface area contributed by atoms with Crippen molar-refractivity contribution >= 4 is 11.7 Å². The van der Waals surface area contributed by atoms with Gasteiger partial charge in [-0.05, 0) is 37.7 Å². The third-order valence-electron chi connectivity index (χ3n) is 5.10. The van der Waals surface area contributed by atoms with E-state index in [1.54, 1.807) is 12.4 Å². The van der Waals surface area contributed by atoms with E-state index in [9.17, 15) is 4.79 Å². The molecule has 1 atom stereocenters. The molecular formula is C18H22N6O2. The van der Waals surface area contributed by atoms with Crippen LogP contribution in [0.2, 0.25) is 0 Å². The number of aryl methyl sites for hydroxylation is 1. The number of carbonyl (C=O) groups excluding carboxylic acids is 1. The number of nitrogens with one attached hydrogen (secondary N) is 1. The predicted octanol–water partition coefficient (Wildman–Crippen LogP) is 1.37. The number of nitrogens with zero attached hydrogens (tertiary/aromatic N) is 5. The highest BCUT2D eigenvalue weighted by Gasteiger charge is 2.49. The fourth-order valence-corrected chi connectivity index (χ4v) is 3.64. The molecule has 0 aromatic carbocycles. The SMILES string of the molecule is COc1nccc(C(=O)NC2CN(c3cc(C)ncn3)CC3(CC3)C2)n1. The second kappa shape index (κ2) is 6.51. The molecule has 136 valence electrons. The summed E-state index contributed by atoms with van der Waals surface area (Å²) in [5.41, 5.74) is 1.55. The summed E-state index contributed by atoms with van der Waals surface area (Å²) in [5.74, 6) is 0.721. The third kappa shape index (κ3) is 3.44. The second-order valence-corrected chi connectivity index (χ2v) is 7.20. The van der Waals surface area contributed by atoms with Crippen molar-refractivity contribution in [3.63, 3.8) is 0 Å². The molecule has 8 heteroatoms. The van der Waals surface area contributed by atoms with E-state index in [4.69, 9.17) is 4.74 Å². The lowest BCUT2D eigenvalue weighted by Crippen LogP contribution is -2.52. The number of aromatic nitrogens is 4. The number of rotatable bonds is 4. The molecule has 1 aliphatic heterocycles. The summed E-state index contributed by atoms with van der Waals surface area (Å²) >= 11 is 0. The van der Waals surface area contributed by atoms with Crippen molar-refractivity contribution in [2.24, 2.45) is 5.41 Å². The van der Waals surface area contributed by atoms with Crippen molar-refractivity contribution in [2.45, 2.75) is 32.2 Å². The Bertz CT molecular complexity index is 823. The van der Waals surface area contributed by atoms with Crippen LogP contribution >= 0.6 is 0 Å². The smallest absolute Gasteiger partial charge is 0.316 e. The molecule has 1 N–H and O–H groups in total. The lowest BCUT2D eigenvalue weighted by molar-refractivity contribution is 0.0919. The first-order valence-electron chi connectivity index (χ1n) is 8.78. The van der Waals surface area contributed by atoms with Gasteiger partial charge in [-0.3, -0.25) is 4.79 Å². The van der Waals surface area contributed by atoms with Gasteiger partial charge in [-0.2, -0.15) is 4.98 Å². The zero-order valence-electron chi connectivity index (χ0n) is 15.0. The number of amides is 1. The standard InChI is InChI=1S/C18H22N6O2/c1-12-7-15(21-11-20-12)24-9-13(8-18(10-24)4-5-18)22-16(25)14-3-6-19-17(23-14)26-2/h3,6-7,11,13H,4-5,8-10H2,1-2H3,(H,22,25). The van der Waals surface area contributed by atoms with E-state index in [2.05, 4.69) is 30.2 Å². The molecular weight excluding hydrogens is 332 g/mol. The number of hydrogen-bond donors (Lipinski definition) is 1. The van der Waals surface area contributed by atoms with Crippen LogP contribution in [-0.4, -0.2) is 52.1 Å². The molecule has 0 bridgehead atoms. The maximum Gasteiger partial charge on any atom is 0.316 e. The summed E-state index contributed by atoms with van der Waals surface area (Å²) in [4.78, 5) is 31.5. The van der Waals surface area contributed by atoms with Gasteiger partial charge in [0.25, 0.3) is 5.91 Å². The van der Waals surface area contributed by atoms with Gasteiger partial charge in [-0.1, -0.05) is 0 Å². The van der Waals surface area contributed by atoms with E-state index in [1.165, 1.54) is 26.1 Å². The number of hydrogen-bond acceptors (Lipinski definition) is 7. The highest BCUT2D eigenvalue weighted by atomic mass is 16.5. The molecule has 1 amide bonds. The van der Waals surface area contributed by atoms with Gasteiger partial charge in [0.15, 0.2) is 0 Å². The van der Waals surface area contributed by atoms with Gasteiger partial charge in [0.1, 0.15) is 17.8 Å². The van der Waals surface area contributed by atoms with Crippen LogP contribution < -0.4 is 15.0 Å². The lowest BCUT2D eigenvalue weighted by Gasteiger charge is -2.39. The molecule has 1 saturated heterocycles. The molecule has 26 heavy (non-hydrogen) atoms. The van der Waals surface area contributed by atoms with Crippen LogP contribution in [0.25, 0.3) is 0 Å². The molecule has 0 radical (unpaired) electrons. The first-order chi connectivity index (χ1) is 12.6. The Balaban J connectivity index is 1.50. The van der Waals surface area contributed by atoms with Crippen LogP contribution in [-0.2, 0) is 0 Å². The number of ether oxygens (including phenoxy) is 1. The number of anilines is 1. The Morgan fingerprint density at radius 3 is 2.92 bits per heavy atom. The average Bonchev–Trinajstić information content (AvgIpc) is 3.39. The van der Waals surface area contributed by atoms with Crippen molar-refractivity contribution in [3.8, 4) is 6.01 Å². The Labute approximate surface area is 152 Å². The second-order valence-electron chi connectivity index (χ2n) is 7.20. The van der Waals surface area contributed by atoms with Gasteiger partial charge in [0, 0.05) is 37.1 Å². The zero-order chi connectivity index (χ0) is 18.1. The van der Waals surface area contributed by atoms with Crippen LogP contribution in [0, 0.1) is 12.3 Å². The normalized spacial score (nSPS) is 20.7. The molecule has 2 aliphatic rings. The Morgan fingerprint density at radius 1 is 1.35 bits per heavy atom. The molecule has 2 aromatic heterocycles. The topological polar surface area (TPSA) is 93.1 Å². The summed E-state index contributed by atoms with van der Waals surface area (Å²) < 4.78 is 5.00. The molecule has 2 aromatic rings. The molecule has 4 rings (SSSR count). The van der Waals surface area contributed by atoms with Gasteiger partial charge in [-0.15, -0.1) is 0 Å². The number of piperidine rings is 1. The van der Waals surface area contributed by atoms with Crippen molar-refractivity contribution in [3.05, 3.63) is 36.0 Å². The maximum absolute atomic E-state index is 12.6. The highest BCUT2D eigenvalue weighted by Crippen LogP contribution is 2.52. The van der Waals surface area contributed by atoms with E-state index in [0.29, 0.717) is 11.1 Å². The summed E-state index contributed by atoms with van der Waals surface area (Å²) in [6.45, 7) is 3.67. The van der Waals surface area contributed by atoms with E-state index < -0.39 is 0 Å². The van der Waals surface area contributed by atoms with E-state index in [1.807, 2.05) is 13.0 Å². The maximum atomic E-state index is 12.6. The van der Waals surface area contributed by atoms with Gasteiger partial charge < -0.3 is 15.0 Å². The van der Waals surface area contributed by atoms with Crippen LogP contribution in [0.1, 0.15) is 35.4 Å². The van der Waals surface area contributed by atoms with Gasteiger partial charge in [0.2, 0.25) is 0 Å². The first kappa shape index (κ1) is 16.7. The summed E-state index contributed by atoms with van der Waals surface area (Å²) in [5, 5.41) is 3.13. The summed E-state index contributed by atoms with van der Waals surface area (Å²) in [7, 11) is 1.48. The van der Waals surface area contributed by atoms with Gasteiger partial charge >= 0.3 is 6.01 Å². The molecule has 3 heterocycles. The average molecular weight is 354 g/mol. The van der Waals surface area contributed by atoms with E-state index >= 15 is 0 Å². The van der Waals surface area contributed by atoms with Crippen molar-refractivity contribution in [1.29, 1.82) is 0 Å².